The molecule has 3 rings (SSSR count). The Bertz CT molecular complexity index is 804. The van der Waals surface area contributed by atoms with Gasteiger partial charge < -0.3 is 4.57 Å². The number of halogens is 1. The van der Waals surface area contributed by atoms with Crippen LogP contribution >= 0.6 is 27.3 Å². The summed E-state index contributed by atoms with van der Waals surface area (Å²) in [6, 6.07) is 9.87. The van der Waals surface area contributed by atoms with E-state index in [1.165, 1.54) is 5.56 Å². The highest BCUT2D eigenvalue weighted by atomic mass is 79.9. The Kier molecular flexibility index (Phi) is 2.92. The van der Waals surface area contributed by atoms with Crippen LogP contribution in [0.3, 0.4) is 0 Å². The minimum Gasteiger partial charge on any atom is -0.326 e. The topological polar surface area (TPSA) is 41.6 Å². The third kappa shape index (κ3) is 1.97. The lowest BCUT2D eigenvalue weighted by Gasteiger charge is -1.98. The maximum Gasteiger partial charge on any atom is 0.151 e. The molecule has 0 aliphatic carbocycles. The Morgan fingerprint density at radius 1 is 1.37 bits per heavy atom. The quantitative estimate of drug-likeness (QED) is 0.669. The Hall–Kier alpha value is -1.64. The first-order chi connectivity index (χ1) is 9.10. The largest absolute Gasteiger partial charge is 0.326 e. The Labute approximate surface area is 123 Å². The van der Waals surface area contributed by atoms with Gasteiger partial charge in [0.25, 0.3) is 0 Å². The molecule has 0 atom stereocenters. The van der Waals surface area contributed by atoms with Crippen LogP contribution < -0.4 is 0 Å². The van der Waals surface area contributed by atoms with E-state index in [4.69, 9.17) is 5.26 Å². The van der Waals surface area contributed by atoms with Gasteiger partial charge in [0.05, 0.1) is 31.3 Å². The number of rotatable bonds is 1. The van der Waals surface area contributed by atoms with Gasteiger partial charge in [0, 0.05) is 7.05 Å². The SMILES string of the molecule is Cc1cc(-c2nc3cc(C#N)ccc3n2C)sc1Br. The maximum atomic E-state index is 8.94. The highest BCUT2D eigenvalue weighted by Crippen LogP contribution is 2.35. The van der Waals surface area contributed by atoms with E-state index in [9.17, 15) is 0 Å². The highest BCUT2D eigenvalue weighted by molar-refractivity contribution is 9.11. The molecule has 3 nitrogen and oxygen atoms in total. The first kappa shape index (κ1) is 12.4. The predicted octanol–water partition coefficient (Wildman–Crippen LogP) is 4.24. The number of nitriles is 1. The van der Waals surface area contributed by atoms with Crippen molar-refractivity contribution in [1.29, 1.82) is 5.26 Å². The summed E-state index contributed by atoms with van der Waals surface area (Å²) in [4.78, 5) is 5.77. The molecule has 5 heteroatoms. The second kappa shape index (κ2) is 4.48. The van der Waals surface area contributed by atoms with Gasteiger partial charge in [0.15, 0.2) is 5.82 Å². The van der Waals surface area contributed by atoms with Gasteiger partial charge in [-0.3, -0.25) is 0 Å². The summed E-state index contributed by atoms with van der Waals surface area (Å²) < 4.78 is 3.20. The molecule has 0 N–H and O–H groups in total. The molecule has 0 radical (unpaired) electrons. The van der Waals surface area contributed by atoms with Crippen molar-refractivity contribution in [2.45, 2.75) is 6.92 Å². The first-order valence-corrected chi connectivity index (χ1v) is 7.34. The van der Waals surface area contributed by atoms with E-state index < -0.39 is 0 Å². The summed E-state index contributed by atoms with van der Waals surface area (Å²) in [5.41, 5.74) is 3.75. The number of hydrogen-bond acceptors (Lipinski definition) is 3. The molecule has 0 saturated heterocycles. The number of benzene rings is 1. The lowest BCUT2D eigenvalue weighted by Crippen LogP contribution is -1.90. The van der Waals surface area contributed by atoms with Gasteiger partial charge in [-0.1, -0.05) is 0 Å². The molecule has 0 aliphatic heterocycles. The van der Waals surface area contributed by atoms with Crippen molar-refractivity contribution in [1.82, 2.24) is 9.55 Å². The molecule has 94 valence electrons. The predicted molar refractivity (Wildman–Crippen MR) is 81.2 cm³/mol. The van der Waals surface area contributed by atoms with Crippen LogP contribution in [-0.4, -0.2) is 9.55 Å². The van der Waals surface area contributed by atoms with Gasteiger partial charge in [-0.25, -0.2) is 4.98 Å². The lowest BCUT2D eigenvalue weighted by atomic mass is 10.2. The number of fused-ring (bicyclic) bond motifs is 1. The van der Waals surface area contributed by atoms with Crippen LogP contribution in [0.1, 0.15) is 11.1 Å². The van der Waals surface area contributed by atoms with Crippen molar-refractivity contribution in [3.05, 3.63) is 39.2 Å². The van der Waals surface area contributed by atoms with Crippen molar-refractivity contribution in [2.24, 2.45) is 7.05 Å². The number of aryl methyl sites for hydroxylation is 2. The van der Waals surface area contributed by atoms with Crippen molar-refractivity contribution < 1.29 is 0 Å². The first-order valence-electron chi connectivity index (χ1n) is 5.73. The second-order valence-electron chi connectivity index (χ2n) is 4.38. The van der Waals surface area contributed by atoms with Gasteiger partial charge in [-0.2, -0.15) is 5.26 Å². The summed E-state index contributed by atoms with van der Waals surface area (Å²) in [5, 5.41) is 8.94. The van der Waals surface area contributed by atoms with Crippen molar-refractivity contribution in [3.63, 3.8) is 0 Å². The summed E-state index contributed by atoms with van der Waals surface area (Å²) >= 11 is 5.22. The standard InChI is InChI=1S/C14H10BrN3S/c1-8-5-12(19-13(8)15)14-17-10-6-9(7-16)3-4-11(10)18(14)2/h3-6H,1-2H3. The van der Waals surface area contributed by atoms with Crippen LogP contribution in [-0.2, 0) is 7.05 Å². The fourth-order valence-corrected chi connectivity index (χ4v) is 3.62. The molecule has 1 aromatic carbocycles. The molecular formula is C14H10BrN3S. The highest BCUT2D eigenvalue weighted by Gasteiger charge is 2.13. The normalized spacial score (nSPS) is 10.8. The number of hydrogen-bond donors (Lipinski definition) is 0. The summed E-state index contributed by atoms with van der Waals surface area (Å²) in [6.45, 7) is 2.07. The van der Waals surface area contributed by atoms with E-state index in [0.717, 1.165) is 25.5 Å². The van der Waals surface area contributed by atoms with Crippen LogP contribution in [0.5, 0.6) is 0 Å². The van der Waals surface area contributed by atoms with E-state index in [0.29, 0.717) is 5.56 Å². The van der Waals surface area contributed by atoms with Gasteiger partial charge in [0.1, 0.15) is 0 Å². The molecule has 0 bridgehead atoms. The van der Waals surface area contributed by atoms with Crippen molar-refractivity contribution in [2.75, 3.05) is 0 Å². The number of thiophene rings is 1. The fraction of sp³-hybridized carbons (Fsp3) is 0.143. The molecule has 0 fully saturated rings. The number of aromatic nitrogens is 2. The maximum absolute atomic E-state index is 8.94. The van der Waals surface area contributed by atoms with Crippen LogP contribution in [0, 0.1) is 18.3 Å². The average Bonchev–Trinajstić information content (AvgIpc) is 2.90. The van der Waals surface area contributed by atoms with Crippen LogP contribution in [0.15, 0.2) is 28.1 Å². The van der Waals surface area contributed by atoms with Gasteiger partial charge in [0.2, 0.25) is 0 Å². The molecule has 19 heavy (non-hydrogen) atoms. The average molecular weight is 332 g/mol. The molecule has 2 aromatic heterocycles. The fourth-order valence-electron chi connectivity index (χ4n) is 2.06. The Morgan fingerprint density at radius 2 is 2.16 bits per heavy atom. The second-order valence-corrected chi connectivity index (χ2v) is 6.75. The van der Waals surface area contributed by atoms with Crippen LogP contribution in [0.4, 0.5) is 0 Å². The van der Waals surface area contributed by atoms with Crippen LogP contribution in [0.25, 0.3) is 21.7 Å². The smallest absolute Gasteiger partial charge is 0.151 e. The molecule has 3 aromatic rings. The molecular weight excluding hydrogens is 322 g/mol. The summed E-state index contributed by atoms with van der Waals surface area (Å²) in [5.74, 6) is 0.934. The molecule has 0 unspecified atom stereocenters. The molecule has 0 spiro atoms. The third-order valence-electron chi connectivity index (χ3n) is 3.09. The lowest BCUT2D eigenvalue weighted by molar-refractivity contribution is 0.963. The van der Waals surface area contributed by atoms with Gasteiger partial charge in [-0.05, 0) is 52.7 Å². The monoisotopic (exact) mass is 331 g/mol. The molecule has 0 aliphatic rings. The van der Waals surface area contributed by atoms with Crippen molar-refractivity contribution >= 4 is 38.3 Å². The minimum atomic E-state index is 0.640. The summed E-state index contributed by atoms with van der Waals surface area (Å²) in [7, 11) is 2.00. The van der Waals surface area contributed by atoms with E-state index in [1.807, 2.05) is 25.2 Å². The Balaban J connectivity index is 2.25. The van der Waals surface area contributed by atoms with Crippen LogP contribution in [0.2, 0.25) is 0 Å². The van der Waals surface area contributed by atoms with Gasteiger partial charge in [-0.15, -0.1) is 11.3 Å². The third-order valence-corrected chi connectivity index (χ3v) is 5.22. The van der Waals surface area contributed by atoms with E-state index in [1.54, 1.807) is 11.3 Å². The Morgan fingerprint density at radius 3 is 2.79 bits per heavy atom. The number of nitrogens with zero attached hydrogens (tertiary/aromatic N) is 3. The zero-order valence-corrected chi connectivity index (χ0v) is 12.8. The van der Waals surface area contributed by atoms with Crippen molar-refractivity contribution in [3.8, 4) is 16.8 Å². The van der Waals surface area contributed by atoms with E-state index in [2.05, 4.69) is 44.5 Å². The van der Waals surface area contributed by atoms with E-state index >= 15 is 0 Å². The summed E-state index contributed by atoms with van der Waals surface area (Å²) in [6.07, 6.45) is 0. The minimum absolute atomic E-state index is 0.640. The zero-order chi connectivity index (χ0) is 13.6. The molecule has 0 saturated carbocycles. The molecule has 2 heterocycles. The van der Waals surface area contributed by atoms with E-state index in [-0.39, 0.29) is 0 Å². The zero-order valence-electron chi connectivity index (χ0n) is 10.4. The number of imidazole rings is 1. The van der Waals surface area contributed by atoms with Gasteiger partial charge >= 0.3 is 0 Å². The molecule has 0 amide bonds.